The van der Waals surface area contributed by atoms with Crippen LogP contribution < -0.4 is 10.6 Å². The number of hydrogen-bond acceptors (Lipinski definition) is 5. The number of fused-ring (bicyclic) bond motifs is 1. The number of carbonyl (C=O) groups is 1. The van der Waals surface area contributed by atoms with Gasteiger partial charge in [0.2, 0.25) is 5.91 Å². The summed E-state index contributed by atoms with van der Waals surface area (Å²) in [6, 6.07) is 5.48. The van der Waals surface area contributed by atoms with Crippen molar-refractivity contribution < 1.29 is 13.9 Å². The van der Waals surface area contributed by atoms with Crippen molar-refractivity contribution in [2.75, 3.05) is 25.0 Å². The third-order valence-electron chi connectivity index (χ3n) is 3.44. The van der Waals surface area contributed by atoms with E-state index in [2.05, 4.69) is 15.6 Å². The van der Waals surface area contributed by atoms with Crippen molar-refractivity contribution in [1.29, 1.82) is 0 Å². The van der Waals surface area contributed by atoms with E-state index in [1.165, 1.54) is 0 Å². The molecule has 2 heterocycles. The molecule has 0 bridgehead atoms. The van der Waals surface area contributed by atoms with Crippen molar-refractivity contribution in [3.05, 3.63) is 24.1 Å². The smallest absolute Gasteiger partial charge is 0.227 e. The topological polar surface area (TPSA) is 76.4 Å². The molecule has 2 N–H and O–H groups in total. The molecule has 112 valence electrons. The van der Waals surface area contributed by atoms with Crippen molar-refractivity contribution in [2.24, 2.45) is 0 Å². The van der Waals surface area contributed by atoms with Crippen molar-refractivity contribution in [1.82, 2.24) is 10.3 Å². The fourth-order valence-corrected chi connectivity index (χ4v) is 2.37. The Balaban J connectivity index is 1.64. The number of hydrogen-bond donors (Lipinski definition) is 2. The minimum atomic E-state index is -0.0544. The maximum atomic E-state index is 12.0. The molecule has 21 heavy (non-hydrogen) atoms. The predicted molar refractivity (Wildman–Crippen MR) is 79.2 cm³/mol. The van der Waals surface area contributed by atoms with Crippen molar-refractivity contribution in [3.8, 4) is 0 Å². The molecule has 0 radical (unpaired) electrons. The first kappa shape index (κ1) is 14.0. The molecule has 1 unspecified atom stereocenters. The number of aryl methyl sites for hydroxylation is 1. The summed E-state index contributed by atoms with van der Waals surface area (Å²) in [6.07, 6.45) is 1.05. The van der Waals surface area contributed by atoms with Gasteiger partial charge < -0.3 is 19.8 Å². The van der Waals surface area contributed by atoms with Gasteiger partial charge in [-0.3, -0.25) is 4.79 Å². The molecule has 1 saturated heterocycles. The predicted octanol–water partition coefficient (Wildman–Crippen LogP) is 1.71. The van der Waals surface area contributed by atoms with Crippen LogP contribution in [0.2, 0.25) is 0 Å². The molecule has 0 spiro atoms. The molecule has 1 amide bonds. The van der Waals surface area contributed by atoms with E-state index in [4.69, 9.17) is 9.15 Å². The van der Waals surface area contributed by atoms with Crippen LogP contribution in [0, 0.1) is 0 Å². The second-order valence-corrected chi connectivity index (χ2v) is 5.09. The summed E-state index contributed by atoms with van der Waals surface area (Å²) < 4.78 is 11.1. The maximum Gasteiger partial charge on any atom is 0.227 e. The number of nitrogens with zero attached hydrogens (tertiary/aromatic N) is 1. The van der Waals surface area contributed by atoms with Crippen LogP contribution in [0.3, 0.4) is 0 Å². The van der Waals surface area contributed by atoms with Crippen LogP contribution in [0.5, 0.6) is 0 Å². The third kappa shape index (κ3) is 3.40. The second kappa shape index (κ2) is 6.24. The second-order valence-electron chi connectivity index (χ2n) is 5.09. The third-order valence-corrected chi connectivity index (χ3v) is 3.44. The van der Waals surface area contributed by atoms with Gasteiger partial charge in [-0.2, -0.15) is 0 Å². The summed E-state index contributed by atoms with van der Waals surface area (Å²) >= 11 is 0. The van der Waals surface area contributed by atoms with E-state index >= 15 is 0 Å². The van der Waals surface area contributed by atoms with E-state index in [9.17, 15) is 4.79 Å². The number of oxazole rings is 1. The lowest BCUT2D eigenvalue weighted by molar-refractivity contribution is -0.119. The van der Waals surface area contributed by atoms with Crippen molar-refractivity contribution in [2.45, 2.75) is 25.9 Å². The zero-order valence-corrected chi connectivity index (χ0v) is 12.0. The molecule has 0 aliphatic carbocycles. The van der Waals surface area contributed by atoms with E-state index in [1.54, 1.807) is 0 Å². The number of aromatic nitrogens is 1. The van der Waals surface area contributed by atoms with Gasteiger partial charge in [-0.05, 0) is 18.2 Å². The van der Waals surface area contributed by atoms with Crippen LogP contribution in [0.4, 0.5) is 5.69 Å². The maximum absolute atomic E-state index is 12.0. The average molecular weight is 289 g/mol. The largest absolute Gasteiger partial charge is 0.441 e. The molecule has 2 aromatic rings. The Hall–Kier alpha value is -1.92. The van der Waals surface area contributed by atoms with Gasteiger partial charge in [0.05, 0.1) is 19.1 Å². The summed E-state index contributed by atoms with van der Waals surface area (Å²) in [5.74, 6) is 0.650. The number of anilines is 1. The van der Waals surface area contributed by atoms with Crippen molar-refractivity contribution in [3.63, 3.8) is 0 Å². The Bertz CT molecular complexity index is 632. The molecule has 6 heteroatoms. The van der Waals surface area contributed by atoms with E-state index in [0.717, 1.165) is 36.3 Å². The number of carbonyl (C=O) groups excluding carboxylic acids is 1. The Kier molecular flexibility index (Phi) is 4.17. The highest BCUT2D eigenvalue weighted by atomic mass is 16.5. The summed E-state index contributed by atoms with van der Waals surface area (Å²) in [5, 5.41) is 6.09. The van der Waals surface area contributed by atoms with E-state index < -0.39 is 0 Å². The molecule has 1 atom stereocenters. The SMILES string of the molecule is CCc1nc2cc(NC(=O)CC3CNCCO3)ccc2o1. The molecule has 3 rings (SSSR count). The van der Waals surface area contributed by atoms with Crippen LogP contribution in [0.25, 0.3) is 11.1 Å². The number of benzene rings is 1. The van der Waals surface area contributed by atoms with Gasteiger partial charge in [0, 0.05) is 25.2 Å². The zero-order valence-electron chi connectivity index (χ0n) is 12.0. The van der Waals surface area contributed by atoms with Crippen LogP contribution in [-0.4, -0.2) is 36.7 Å². The van der Waals surface area contributed by atoms with Gasteiger partial charge in [-0.15, -0.1) is 0 Å². The molecule has 1 aliphatic rings. The van der Waals surface area contributed by atoms with Crippen LogP contribution in [-0.2, 0) is 16.0 Å². The monoisotopic (exact) mass is 289 g/mol. The van der Waals surface area contributed by atoms with Gasteiger partial charge in [0.25, 0.3) is 0 Å². The highest BCUT2D eigenvalue weighted by Crippen LogP contribution is 2.20. The molecule has 1 aromatic carbocycles. The normalized spacial score (nSPS) is 18.8. The fraction of sp³-hybridized carbons (Fsp3) is 0.467. The Morgan fingerprint density at radius 3 is 3.19 bits per heavy atom. The fourth-order valence-electron chi connectivity index (χ4n) is 2.37. The summed E-state index contributed by atoms with van der Waals surface area (Å²) in [7, 11) is 0. The van der Waals surface area contributed by atoms with Crippen LogP contribution in [0.1, 0.15) is 19.2 Å². The minimum absolute atomic E-state index is 0.0535. The summed E-state index contributed by atoms with van der Waals surface area (Å²) in [4.78, 5) is 16.4. The molecular formula is C15H19N3O3. The van der Waals surface area contributed by atoms with E-state index in [-0.39, 0.29) is 12.0 Å². The first-order valence-corrected chi connectivity index (χ1v) is 7.26. The molecule has 1 aliphatic heterocycles. The van der Waals surface area contributed by atoms with Gasteiger partial charge in [0.1, 0.15) is 5.52 Å². The number of amides is 1. The molecule has 1 aromatic heterocycles. The molecule has 1 fully saturated rings. The Morgan fingerprint density at radius 1 is 1.52 bits per heavy atom. The lowest BCUT2D eigenvalue weighted by atomic mass is 10.2. The first-order valence-electron chi connectivity index (χ1n) is 7.26. The van der Waals surface area contributed by atoms with E-state index in [1.807, 2.05) is 25.1 Å². The lowest BCUT2D eigenvalue weighted by Crippen LogP contribution is -2.40. The highest BCUT2D eigenvalue weighted by molar-refractivity contribution is 5.93. The summed E-state index contributed by atoms with van der Waals surface area (Å²) in [6.45, 7) is 4.21. The van der Waals surface area contributed by atoms with Gasteiger partial charge >= 0.3 is 0 Å². The molecular weight excluding hydrogens is 270 g/mol. The highest BCUT2D eigenvalue weighted by Gasteiger charge is 2.17. The summed E-state index contributed by atoms with van der Waals surface area (Å²) in [5.41, 5.74) is 2.23. The Labute approximate surface area is 122 Å². The van der Waals surface area contributed by atoms with Crippen molar-refractivity contribution >= 4 is 22.7 Å². The lowest BCUT2D eigenvalue weighted by Gasteiger charge is -2.23. The average Bonchev–Trinajstić information content (AvgIpc) is 2.90. The van der Waals surface area contributed by atoms with Crippen LogP contribution in [0.15, 0.2) is 22.6 Å². The quantitative estimate of drug-likeness (QED) is 0.896. The van der Waals surface area contributed by atoms with Gasteiger partial charge in [-0.25, -0.2) is 4.98 Å². The van der Waals surface area contributed by atoms with E-state index in [0.29, 0.717) is 18.9 Å². The number of morpholine rings is 1. The first-order chi connectivity index (χ1) is 10.2. The molecule has 6 nitrogen and oxygen atoms in total. The zero-order chi connectivity index (χ0) is 14.7. The standard InChI is InChI=1S/C15H19N3O3/c1-2-15-18-12-7-10(3-4-13(12)21-15)17-14(19)8-11-9-16-5-6-20-11/h3-4,7,11,16H,2,5-6,8-9H2,1H3,(H,17,19). The van der Waals surface area contributed by atoms with Crippen LogP contribution >= 0.6 is 0 Å². The minimum Gasteiger partial charge on any atom is -0.441 e. The number of rotatable bonds is 4. The van der Waals surface area contributed by atoms with Gasteiger partial charge in [-0.1, -0.05) is 6.92 Å². The Morgan fingerprint density at radius 2 is 2.43 bits per heavy atom. The number of nitrogens with one attached hydrogen (secondary N) is 2. The number of ether oxygens (including phenoxy) is 1. The molecule has 0 saturated carbocycles. The van der Waals surface area contributed by atoms with Gasteiger partial charge in [0.15, 0.2) is 11.5 Å².